The molecule has 22 heavy (non-hydrogen) atoms. The molecule has 2 heterocycles. The number of aliphatic hydroxyl groups excluding tert-OH is 1. The third-order valence-electron chi connectivity index (χ3n) is 6.26. The Hall–Kier alpha value is -0.160. The van der Waals surface area contributed by atoms with Crippen LogP contribution in [0.5, 0.6) is 0 Å². The normalized spacial score (nSPS) is 34.1. The minimum absolute atomic E-state index is 0.304. The SMILES string of the molecule is C[C@@H]1CCC[C@@H](N2CCC(N3CCN(CCO)CC3)CC2)C1. The van der Waals surface area contributed by atoms with Gasteiger partial charge in [-0.05, 0) is 44.7 Å². The first-order valence-electron chi connectivity index (χ1n) is 9.57. The van der Waals surface area contributed by atoms with Crippen molar-refractivity contribution in [1.29, 1.82) is 0 Å². The number of hydrogen-bond donors (Lipinski definition) is 1. The molecule has 2 atom stereocenters. The summed E-state index contributed by atoms with van der Waals surface area (Å²) < 4.78 is 0. The molecule has 4 heteroatoms. The van der Waals surface area contributed by atoms with Gasteiger partial charge in [-0.3, -0.25) is 9.80 Å². The predicted molar refractivity (Wildman–Crippen MR) is 91.1 cm³/mol. The van der Waals surface area contributed by atoms with Crippen molar-refractivity contribution in [2.75, 3.05) is 52.4 Å². The number of piperazine rings is 1. The van der Waals surface area contributed by atoms with Gasteiger partial charge < -0.3 is 10.0 Å². The first-order chi connectivity index (χ1) is 10.8. The third-order valence-corrected chi connectivity index (χ3v) is 6.26. The minimum atomic E-state index is 0.304. The van der Waals surface area contributed by atoms with Gasteiger partial charge in [-0.2, -0.15) is 0 Å². The number of piperidine rings is 1. The van der Waals surface area contributed by atoms with Gasteiger partial charge in [0.05, 0.1) is 6.61 Å². The Morgan fingerprint density at radius 2 is 1.50 bits per heavy atom. The van der Waals surface area contributed by atoms with Crippen molar-refractivity contribution in [2.24, 2.45) is 5.92 Å². The summed E-state index contributed by atoms with van der Waals surface area (Å²) in [6.07, 6.45) is 8.50. The molecule has 1 N–H and O–H groups in total. The molecular formula is C18H35N3O. The quantitative estimate of drug-likeness (QED) is 0.855. The molecule has 3 aliphatic rings. The standard InChI is InChI=1S/C18H35N3O/c1-16-3-2-4-18(15-16)20-7-5-17(6-8-20)21-11-9-19(10-12-21)13-14-22/h16-18,22H,2-15H2,1H3/t16-,18-/m1/s1. The fourth-order valence-electron chi connectivity index (χ4n) is 4.84. The number of likely N-dealkylation sites (tertiary alicyclic amines) is 1. The molecule has 3 fully saturated rings. The van der Waals surface area contributed by atoms with Crippen LogP contribution >= 0.6 is 0 Å². The van der Waals surface area contributed by atoms with E-state index in [4.69, 9.17) is 5.11 Å². The fourth-order valence-corrected chi connectivity index (χ4v) is 4.84. The van der Waals surface area contributed by atoms with Crippen LogP contribution in [-0.2, 0) is 0 Å². The number of β-amino-alcohol motifs (C(OH)–C–C–N with tert-alkyl or cyclic N) is 1. The second-order valence-electron chi connectivity index (χ2n) is 7.79. The number of rotatable bonds is 4. The maximum atomic E-state index is 9.04. The summed E-state index contributed by atoms with van der Waals surface area (Å²) >= 11 is 0. The van der Waals surface area contributed by atoms with Gasteiger partial charge in [0, 0.05) is 44.8 Å². The highest BCUT2D eigenvalue weighted by atomic mass is 16.3. The van der Waals surface area contributed by atoms with E-state index >= 15 is 0 Å². The zero-order valence-electron chi connectivity index (χ0n) is 14.4. The third kappa shape index (κ3) is 4.22. The lowest BCUT2D eigenvalue weighted by Gasteiger charge is -2.45. The molecule has 0 aromatic carbocycles. The van der Waals surface area contributed by atoms with Crippen molar-refractivity contribution in [3.05, 3.63) is 0 Å². The molecule has 3 rings (SSSR count). The number of hydrogen-bond acceptors (Lipinski definition) is 4. The van der Waals surface area contributed by atoms with Crippen LogP contribution in [0.25, 0.3) is 0 Å². The first kappa shape index (κ1) is 16.7. The van der Waals surface area contributed by atoms with Crippen LogP contribution in [0.15, 0.2) is 0 Å². The average Bonchev–Trinajstić information content (AvgIpc) is 2.56. The van der Waals surface area contributed by atoms with E-state index in [2.05, 4.69) is 21.6 Å². The lowest BCUT2D eigenvalue weighted by Crippen LogP contribution is -2.54. The topological polar surface area (TPSA) is 30.0 Å². The highest BCUT2D eigenvalue weighted by Crippen LogP contribution is 2.30. The molecule has 0 amide bonds. The predicted octanol–water partition coefficient (Wildman–Crippen LogP) is 1.64. The first-order valence-corrected chi connectivity index (χ1v) is 9.57. The second-order valence-corrected chi connectivity index (χ2v) is 7.79. The summed E-state index contributed by atoms with van der Waals surface area (Å²) in [5, 5.41) is 9.04. The Balaban J connectivity index is 1.40. The highest BCUT2D eigenvalue weighted by molar-refractivity contribution is 4.87. The Morgan fingerprint density at radius 1 is 0.818 bits per heavy atom. The van der Waals surface area contributed by atoms with Crippen LogP contribution in [0.2, 0.25) is 0 Å². The summed E-state index contributed by atoms with van der Waals surface area (Å²) in [6, 6.07) is 1.69. The van der Waals surface area contributed by atoms with Crippen LogP contribution in [0.1, 0.15) is 45.4 Å². The Morgan fingerprint density at radius 3 is 2.14 bits per heavy atom. The molecule has 4 nitrogen and oxygen atoms in total. The largest absolute Gasteiger partial charge is 0.395 e. The molecule has 0 aromatic rings. The van der Waals surface area contributed by atoms with E-state index in [0.717, 1.165) is 37.6 Å². The number of nitrogens with zero attached hydrogens (tertiary/aromatic N) is 3. The molecule has 0 radical (unpaired) electrons. The van der Waals surface area contributed by atoms with E-state index in [0.29, 0.717) is 6.61 Å². The maximum Gasteiger partial charge on any atom is 0.0558 e. The molecule has 0 spiro atoms. The van der Waals surface area contributed by atoms with Crippen LogP contribution in [0.3, 0.4) is 0 Å². The molecule has 0 unspecified atom stereocenters. The van der Waals surface area contributed by atoms with Gasteiger partial charge in [-0.1, -0.05) is 19.8 Å². The van der Waals surface area contributed by atoms with E-state index < -0.39 is 0 Å². The number of aliphatic hydroxyl groups is 1. The summed E-state index contributed by atoms with van der Waals surface area (Å²) in [6.45, 7) is 10.9. The second kappa shape index (κ2) is 8.09. The van der Waals surface area contributed by atoms with Gasteiger partial charge in [-0.25, -0.2) is 0 Å². The van der Waals surface area contributed by atoms with Crippen molar-refractivity contribution in [3.8, 4) is 0 Å². The van der Waals surface area contributed by atoms with Crippen molar-refractivity contribution < 1.29 is 5.11 Å². The smallest absolute Gasteiger partial charge is 0.0558 e. The minimum Gasteiger partial charge on any atom is -0.395 e. The monoisotopic (exact) mass is 309 g/mol. The average molecular weight is 309 g/mol. The van der Waals surface area contributed by atoms with Crippen LogP contribution < -0.4 is 0 Å². The summed E-state index contributed by atoms with van der Waals surface area (Å²) in [4.78, 5) is 7.91. The van der Waals surface area contributed by atoms with E-state index in [-0.39, 0.29) is 0 Å². The van der Waals surface area contributed by atoms with Gasteiger partial charge >= 0.3 is 0 Å². The van der Waals surface area contributed by atoms with Crippen molar-refractivity contribution in [1.82, 2.24) is 14.7 Å². The lowest BCUT2D eigenvalue weighted by molar-refractivity contribution is 0.0340. The molecule has 128 valence electrons. The van der Waals surface area contributed by atoms with Gasteiger partial charge in [-0.15, -0.1) is 0 Å². The summed E-state index contributed by atoms with van der Waals surface area (Å²) in [5.74, 6) is 0.941. The summed E-state index contributed by atoms with van der Waals surface area (Å²) in [5.41, 5.74) is 0. The molecule has 2 aliphatic heterocycles. The molecular weight excluding hydrogens is 274 g/mol. The van der Waals surface area contributed by atoms with Crippen molar-refractivity contribution in [3.63, 3.8) is 0 Å². The maximum absolute atomic E-state index is 9.04. The van der Waals surface area contributed by atoms with Crippen LogP contribution in [0.4, 0.5) is 0 Å². The molecule has 1 aliphatic carbocycles. The van der Waals surface area contributed by atoms with Crippen molar-refractivity contribution in [2.45, 2.75) is 57.5 Å². The van der Waals surface area contributed by atoms with Gasteiger partial charge in [0.15, 0.2) is 0 Å². The van der Waals surface area contributed by atoms with Gasteiger partial charge in [0.1, 0.15) is 0 Å². The van der Waals surface area contributed by atoms with Crippen molar-refractivity contribution >= 4 is 0 Å². The molecule has 1 saturated carbocycles. The Labute approximate surface area is 136 Å². The summed E-state index contributed by atoms with van der Waals surface area (Å²) in [7, 11) is 0. The van der Waals surface area contributed by atoms with E-state index in [1.807, 2.05) is 0 Å². The van der Waals surface area contributed by atoms with E-state index in [1.165, 1.54) is 64.7 Å². The van der Waals surface area contributed by atoms with Crippen LogP contribution in [-0.4, -0.2) is 84.3 Å². The fraction of sp³-hybridized carbons (Fsp3) is 1.00. The van der Waals surface area contributed by atoms with Gasteiger partial charge in [0.25, 0.3) is 0 Å². The Kier molecular flexibility index (Phi) is 6.14. The lowest BCUT2D eigenvalue weighted by atomic mass is 9.85. The highest BCUT2D eigenvalue weighted by Gasteiger charge is 2.31. The molecule has 0 aromatic heterocycles. The van der Waals surface area contributed by atoms with E-state index in [9.17, 15) is 0 Å². The van der Waals surface area contributed by atoms with Crippen LogP contribution in [0, 0.1) is 5.92 Å². The molecule has 2 saturated heterocycles. The van der Waals surface area contributed by atoms with Gasteiger partial charge in [0.2, 0.25) is 0 Å². The Bertz CT molecular complexity index is 322. The molecule has 0 bridgehead atoms. The zero-order valence-corrected chi connectivity index (χ0v) is 14.4. The van der Waals surface area contributed by atoms with E-state index in [1.54, 1.807) is 0 Å². The zero-order chi connectivity index (χ0) is 15.4.